The second-order valence-corrected chi connectivity index (χ2v) is 2.95. The van der Waals surface area contributed by atoms with Crippen molar-refractivity contribution in [2.24, 2.45) is 10.4 Å². The highest BCUT2D eigenvalue weighted by Crippen LogP contribution is 2.04. The van der Waals surface area contributed by atoms with Gasteiger partial charge < -0.3 is 4.84 Å². The monoisotopic (exact) mass is 192 g/mol. The summed E-state index contributed by atoms with van der Waals surface area (Å²) < 4.78 is 0. The van der Waals surface area contributed by atoms with Crippen LogP contribution < -0.4 is 0 Å². The molecule has 0 aliphatic carbocycles. The van der Waals surface area contributed by atoms with E-state index in [1.54, 1.807) is 0 Å². The molecule has 0 amide bonds. The summed E-state index contributed by atoms with van der Waals surface area (Å²) >= 11 is 0. The molecule has 0 N–H and O–H groups in total. The molecule has 14 heavy (non-hydrogen) atoms. The van der Waals surface area contributed by atoms with Gasteiger partial charge in [0.25, 0.3) is 0 Å². The Labute approximate surface area is 82.6 Å². The average Bonchev–Trinajstić information content (AvgIpc) is 2.15. The van der Waals surface area contributed by atoms with Crippen LogP contribution in [0.25, 0.3) is 0 Å². The molecular weight excluding hydrogens is 180 g/mol. The van der Waals surface area contributed by atoms with Crippen molar-refractivity contribution < 1.29 is 9.63 Å². The molecule has 0 fully saturated rings. The zero-order chi connectivity index (χ0) is 10.4. The zero-order valence-electron chi connectivity index (χ0n) is 8.23. The second-order valence-electron chi connectivity index (χ2n) is 2.95. The third kappa shape index (κ3) is 3.80. The number of aryl methyl sites for hydroxylation is 1. The summed E-state index contributed by atoms with van der Waals surface area (Å²) in [5.41, 5.74) is 2.23. The number of hydrogen-bond donors (Lipinski definition) is 0. The van der Waals surface area contributed by atoms with Gasteiger partial charge in [0.05, 0.1) is 6.54 Å². The summed E-state index contributed by atoms with van der Waals surface area (Å²) in [6.45, 7) is 3.72. The Hall–Kier alpha value is -1.71. The molecule has 0 heterocycles. The predicted molar refractivity (Wildman–Crippen MR) is 51.5 cm³/mol. The molecule has 0 aromatic heterocycles. The van der Waals surface area contributed by atoms with Crippen LogP contribution in [-0.4, -0.2) is 5.97 Å². The lowest BCUT2D eigenvalue weighted by atomic mass is 10.2. The maximum atomic E-state index is 10.3. The molecule has 0 aliphatic heterocycles. The SMILES string of the molecule is CC(=O)ON=NCc1ccc(C)cc1. The van der Waals surface area contributed by atoms with Crippen LogP contribution >= 0.6 is 0 Å². The molecule has 1 aromatic rings. The molecule has 0 aliphatic rings. The van der Waals surface area contributed by atoms with E-state index in [9.17, 15) is 4.79 Å². The highest BCUT2D eigenvalue weighted by Gasteiger charge is 1.91. The van der Waals surface area contributed by atoms with Gasteiger partial charge in [0.1, 0.15) is 0 Å². The molecule has 0 unspecified atom stereocenters. The van der Waals surface area contributed by atoms with Crippen molar-refractivity contribution in [3.63, 3.8) is 0 Å². The van der Waals surface area contributed by atoms with E-state index in [4.69, 9.17) is 0 Å². The summed E-state index contributed by atoms with van der Waals surface area (Å²) in [4.78, 5) is 14.6. The standard InChI is InChI=1S/C10H12N2O2/c1-8-3-5-10(6-4-8)7-11-12-14-9(2)13/h3-6H,7H2,1-2H3. The van der Waals surface area contributed by atoms with E-state index in [-0.39, 0.29) is 0 Å². The minimum Gasteiger partial charge on any atom is -0.301 e. The van der Waals surface area contributed by atoms with E-state index in [0.717, 1.165) is 5.56 Å². The minimum atomic E-state index is -0.461. The summed E-state index contributed by atoms with van der Waals surface area (Å²) in [5.74, 6) is -0.461. The topological polar surface area (TPSA) is 51.0 Å². The number of carbonyl (C=O) groups is 1. The first-order valence-corrected chi connectivity index (χ1v) is 4.28. The van der Waals surface area contributed by atoms with Gasteiger partial charge in [0.2, 0.25) is 0 Å². The number of carbonyl (C=O) groups excluding carboxylic acids is 1. The largest absolute Gasteiger partial charge is 0.333 e. The molecule has 0 saturated heterocycles. The van der Waals surface area contributed by atoms with Crippen LogP contribution in [0.1, 0.15) is 18.1 Å². The van der Waals surface area contributed by atoms with Crippen LogP contribution in [0, 0.1) is 6.92 Å². The van der Waals surface area contributed by atoms with Crippen LogP contribution in [0.2, 0.25) is 0 Å². The van der Waals surface area contributed by atoms with E-state index >= 15 is 0 Å². The van der Waals surface area contributed by atoms with E-state index in [2.05, 4.69) is 15.2 Å². The van der Waals surface area contributed by atoms with Crippen molar-refractivity contribution >= 4 is 5.97 Å². The van der Waals surface area contributed by atoms with Gasteiger partial charge in [-0.25, -0.2) is 4.79 Å². The smallest absolute Gasteiger partial charge is 0.301 e. The van der Waals surface area contributed by atoms with Crippen molar-refractivity contribution in [3.8, 4) is 0 Å². The van der Waals surface area contributed by atoms with E-state index in [1.807, 2.05) is 31.2 Å². The van der Waals surface area contributed by atoms with E-state index in [1.165, 1.54) is 12.5 Å². The second kappa shape index (κ2) is 5.11. The van der Waals surface area contributed by atoms with E-state index in [0.29, 0.717) is 6.54 Å². The van der Waals surface area contributed by atoms with Crippen molar-refractivity contribution in [3.05, 3.63) is 35.4 Å². The van der Waals surface area contributed by atoms with Gasteiger partial charge in [0, 0.05) is 12.2 Å². The highest BCUT2D eigenvalue weighted by molar-refractivity contribution is 5.65. The van der Waals surface area contributed by atoms with Gasteiger partial charge in [0.15, 0.2) is 0 Å². The average molecular weight is 192 g/mol. The van der Waals surface area contributed by atoms with Crippen LogP contribution in [0.5, 0.6) is 0 Å². The molecule has 4 nitrogen and oxygen atoms in total. The first-order valence-electron chi connectivity index (χ1n) is 4.28. The van der Waals surface area contributed by atoms with Gasteiger partial charge >= 0.3 is 5.97 Å². The molecule has 4 heteroatoms. The summed E-state index contributed by atoms with van der Waals surface area (Å²) in [7, 11) is 0. The molecule has 0 bridgehead atoms. The van der Waals surface area contributed by atoms with Crippen molar-refractivity contribution in [1.82, 2.24) is 0 Å². The Morgan fingerprint density at radius 1 is 1.36 bits per heavy atom. The molecule has 0 spiro atoms. The lowest BCUT2D eigenvalue weighted by molar-refractivity contribution is -0.142. The number of benzene rings is 1. The van der Waals surface area contributed by atoms with E-state index < -0.39 is 5.97 Å². The normalized spacial score (nSPS) is 10.4. The van der Waals surface area contributed by atoms with Gasteiger partial charge in [-0.05, 0) is 12.5 Å². The number of nitrogens with zero attached hydrogens (tertiary/aromatic N) is 2. The van der Waals surface area contributed by atoms with Crippen LogP contribution in [0.4, 0.5) is 0 Å². The van der Waals surface area contributed by atoms with Gasteiger partial charge in [-0.15, -0.1) is 5.11 Å². The Kier molecular flexibility index (Phi) is 3.79. The molecule has 0 radical (unpaired) electrons. The lowest BCUT2D eigenvalue weighted by Gasteiger charge is -1.95. The Morgan fingerprint density at radius 3 is 2.57 bits per heavy atom. The maximum absolute atomic E-state index is 10.3. The molecule has 1 rings (SSSR count). The molecule has 0 atom stereocenters. The summed E-state index contributed by atoms with van der Waals surface area (Å²) in [6, 6.07) is 7.91. The lowest BCUT2D eigenvalue weighted by Crippen LogP contribution is -1.89. The van der Waals surface area contributed by atoms with Crippen molar-refractivity contribution in [2.75, 3.05) is 0 Å². The first-order chi connectivity index (χ1) is 6.68. The Morgan fingerprint density at radius 2 is 2.00 bits per heavy atom. The Balaban J connectivity index is 2.42. The number of hydrogen-bond acceptors (Lipinski definition) is 4. The van der Waals surface area contributed by atoms with Crippen LogP contribution in [0.3, 0.4) is 0 Å². The quantitative estimate of drug-likeness (QED) is 0.545. The fourth-order valence-electron chi connectivity index (χ4n) is 0.890. The Bertz CT molecular complexity index is 330. The van der Waals surface area contributed by atoms with Crippen molar-refractivity contribution in [1.29, 1.82) is 0 Å². The van der Waals surface area contributed by atoms with Gasteiger partial charge in [-0.1, -0.05) is 29.8 Å². The first kappa shape index (κ1) is 10.4. The van der Waals surface area contributed by atoms with Gasteiger partial charge in [-0.2, -0.15) is 0 Å². The van der Waals surface area contributed by atoms with Crippen molar-refractivity contribution in [2.45, 2.75) is 20.4 Å². The predicted octanol–water partition coefficient (Wildman–Crippen LogP) is 2.43. The fourth-order valence-corrected chi connectivity index (χ4v) is 0.890. The van der Waals surface area contributed by atoms with Crippen LogP contribution in [-0.2, 0) is 16.2 Å². The molecule has 0 saturated carbocycles. The third-order valence-electron chi connectivity index (χ3n) is 1.60. The number of rotatable bonds is 3. The molecule has 1 aromatic carbocycles. The highest BCUT2D eigenvalue weighted by atomic mass is 16.7. The summed E-state index contributed by atoms with van der Waals surface area (Å²) in [6.07, 6.45) is 0. The maximum Gasteiger partial charge on any atom is 0.333 e. The van der Waals surface area contributed by atoms with Gasteiger partial charge in [-0.3, -0.25) is 0 Å². The molecule has 74 valence electrons. The third-order valence-corrected chi connectivity index (χ3v) is 1.60. The minimum absolute atomic E-state index is 0.424. The zero-order valence-corrected chi connectivity index (χ0v) is 8.23. The fraction of sp³-hybridized carbons (Fsp3) is 0.300. The van der Waals surface area contributed by atoms with Crippen LogP contribution in [0.15, 0.2) is 34.7 Å². The summed E-state index contributed by atoms with van der Waals surface area (Å²) in [5, 5.41) is 6.96. The molecular formula is C10H12N2O2.